The van der Waals surface area contributed by atoms with Crippen molar-refractivity contribution in [3.63, 3.8) is 0 Å². The van der Waals surface area contributed by atoms with Crippen LogP contribution in [0.15, 0.2) is 24.5 Å². The number of fused-ring (bicyclic) bond motifs is 3. The van der Waals surface area contributed by atoms with E-state index in [0.29, 0.717) is 6.42 Å². The van der Waals surface area contributed by atoms with Crippen LogP contribution in [0.5, 0.6) is 0 Å². The zero-order valence-electron chi connectivity index (χ0n) is 11.5. The van der Waals surface area contributed by atoms with E-state index < -0.39 is 0 Å². The van der Waals surface area contributed by atoms with Gasteiger partial charge in [0.2, 0.25) is 0 Å². The van der Waals surface area contributed by atoms with E-state index in [4.69, 9.17) is 4.98 Å². The second kappa shape index (κ2) is 4.97. The van der Waals surface area contributed by atoms with Gasteiger partial charge >= 0.3 is 0 Å². The minimum Gasteiger partial charge on any atom is -0.290 e. The Morgan fingerprint density at radius 2 is 2.05 bits per heavy atom. The van der Waals surface area contributed by atoms with E-state index in [2.05, 4.69) is 15.5 Å². The first-order valence-corrected chi connectivity index (χ1v) is 7.99. The Balaban J connectivity index is 1.98. The maximum absolute atomic E-state index is 9.21. The maximum atomic E-state index is 9.21. The van der Waals surface area contributed by atoms with E-state index in [1.807, 2.05) is 12.1 Å². The third kappa shape index (κ3) is 1.95. The largest absolute Gasteiger partial charge is 0.290 e. The summed E-state index contributed by atoms with van der Waals surface area (Å²) in [6.07, 6.45) is 8.68. The Kier molecular flexibility index (Phi) is 2.97. The molecule has 0 N–H and O–H groups in total. The van der Waals surface area contributed by atoms with Crippen LogP contribution in [0.4, 0.5) is 0 Å². The van der Waals surface area contributed by atoms with E-state index in [1.165, 1.54) is 23.4 Å². The number of pyridine rings is 1. The SMILES string of the molecule is N#CCc1c(-c2ccncc2)nc2sc3c(n12)CCCC3. The molecule has 0 saturated carbocycles. The van der Waals surface area contributed by atoms with Crippen molar-refractivity contribution >= 4 is 16.3 Å². The van der Waals surface area contributed by atoms with Crippen LogP contribution in [0.25, 0.3) is 16.2 Å². The zero-order valence-corrected chi connectivity index (χ0v) is 12.4. The molecule has 104 valence electrons. The highest BCUT2D eigenvalue weighted by Crippen LogP contribution is 2.34. The molecule has 1 aliphatic carbocycles. The lowest BCUT2D eigenvalue weighted by atomic mass is 10.0. The molecule has 1 aliphatic rings. The summed E-state index contributed by atoms with van der Waals surface area (Å²) in [5.74, 6) is 0. The molecule has 3 heterocycles. The fourth-order valence-electron chi connectivity index (χ4n) is 3.08. The Morgan fingerprint density at radius 1 is 1.24 bits per heavy atom. The van der Waals surface area contributed by atoms with Gasteiger partial charge in [-0.3, -0.25) is 9.38 Å². The summed E-state index contributed by atoms with van der Waals surface area (Å²) in [7, 11) is 0. The fourth-order valence-corrected chi connectivity index (χ4v) is 4.30. The standard InChI is InChI=1S/C16H14N4S/c17-8-5-13-15(11-6-9-18-10-7-11)19-16-20(13)12-3-1-2-4-14(12)21-16/h6-7,9-10H,1-5H2. The molecular formula is C16H14N4S. The zero-order chi connectivity index (χ0) is 14.2. The second-order valence-corrected chi connectivity index (χ2v) is 6.34. The van der Waals surface area contributed by atoms with Gasteiger partial charge in [-0.15, -0.1) is 11.3 Å². The lowest BCUT2D eigenvalue weighted by Gasteiger charge is -2.11. The Hall–Kier alpha value is -2.19. The quantitative estimate of drug-likeness (QED) is 0.728. The van der Waals surface area contributed by atoms with Crippen molar-refractivity contribution in [1.29, 1.82) is 5.26 Å². The van der Waals surface area contributed by atoms with Crippen LogP contribution in [-0.4, -0.2) is 14.4 Å². The van der Waals surface area contributed by atoms with Crippen LogP contribution in [0, 0.1) is 11.3 Å². The minimum absolute atomic E-state index is 0.391. The van der Waals surface area contributed by atoms with Gasteiger partial charge in [-0.1, -0.05) is 0 Å². The molecule has 0 bridgehead atoms. The molecule has 21 heavy (non-hydrogen) atoms. The van der Waals surface area contributed by atoms with Crippen LogP contribution < -0.4 is 0 Å². The number of nitrogens with zero attached hydrogens (tertiary/aromatic N) is 4. The smallest absolute Gasteiger partial charge is 0.194 e. The normalized spacial score (nSPS) is 14.0. The van der Waals surface area contributed by atoms with Crippen LogP contribution >= 0.6 is 11.3 Å². The summed E-state index contributed by atoms with van der Waals surface area (Å²) >= 11 is 1.78. The number of hydrogen-bond donors (Lipinski definition) is 0. The summed E-state index contributed by atoms with van der Waals surface area (Å²) < 4.78 is 2.23. The van der Waals surface area contributed by atoms with Crippen molar-refractivity contribution in [3.8, 4) is 17.3 Å². The minimum atomic E-state index is 0.391. The number of imidazole rings is 1. The second-order valence-electron chi connectivity index (χ2n) is 5.27. The molecular weight excluding hydrogens is 280 g/mol. The molecule has 0 fully saturated rings. The van der Waals surface area contributed by atoms with E-state index >= 15 is 0 Å². The third-order valence-electron chi connectivity index (χ3n) is 4.02. The molecule has 0 radical (unpaired) electrons. The lowest BCUT2D eigenvalue weighted by Crippen LogP contribution is -2.05. The molecule has 3 aromatic rings. The van der Waals surface area contributed by atoms with Crippen molar-refractivity contribution in [1.82, 2.24) is 14.4 Å². The first-order chi connectivity index (χ1) is 10.4. The van der Waals surface area contributed by atoms with E-state index in [9.17, 15) is 5.26 Å². The Morgan fingerprint density at radius 3 is 2.86 bits per heavy atom. The molecule has 4 rings (SSSR count). The highest BCUT2D eigenvalue weighted by Gasteiger charge is 2.22. The van der Waals surface area contributed by atoms with Gasteiger partial charge in [-0.05, 0) is 37.8 Å². The highest BCUT2D eigenvalue weighted by molar-refractivity contribution is 7.17. The van der Waals surface area contributed by atoms with Gasteiger partial charge in [0.1, 0.15) is 0 Å². The van der Waals surface area contributed by atoms with Gasteiger partial charge in [-0.25, -0.2) is 4.98 Å². The van der Waals surface area contributed by atoms with Gasteiger partial charge in [0.15, 0.2) is 4.96 Å². The molecule has 0 aromatic carbocycles. The molecule has 5 heteroatoms. The van der Waals surface area contributed by atoms with Gasteiger partial charge in [0, 0.05) is 28.5 Å². The summed E-state index contributed by atoms with van der Waals surface area (Å²) in [6.45, 7) is 0. The monoisotopic (exact) mass is 294 g/mol. The van der Waals surface area contributed by atoms with Gasteiger partial charge in [0.25, 0.3) is 0 Å². The lowest BCUT2D eigenvalue weighted by molar-refractivity contribution is 0.671. The number of nitriles is 1. The van der Waals surface area contributed by atoms with Crippen LogP contribution in [0.2, 0.25) is 0 Å². The number of thiazole rings is 1. The summed E-state index contributed by atoms with van der Waals surface area (Å²) in [6, 6.07) is 6.21. The summed E-state index contributed by atoms with van der Waals surface area (Å²) in [5, 5.41) is 9.21. The van der Waals surface area contributed by atoms with Crippen LogP contribution in [0.3, 0.4) is 0 Å². The fraction of sp³-hybridized carbons (Fsp3) is 0.312. The maximum Gasteiger partial charge on any atom is 0.194 e. The van der Waals surface area contributed by atoms with Crippen molar-refractivity contribution in [2.24, 2.45) is 0 Å². The summed E-state index contributed by atoms with van der Waals surface area (Å²) in [4.78, 5) is 11.3. The number of rotatable bonds is 2. The summed E-state index contributed by atoms with van der Waals surface area (Å²) in [5.41, 5.74) is 4.37. The first kappa shape index (κ1) is 12.5. The van der Waals surface area contributed by atoms with Crippen molar-refractivity contribution in [3.05, 3.63) is 40.8 Å². The average molecular weight is 294 g/mol. The molecule has 0 amide bonds. The highest BCUT2D eigenvalue weighted by atomic mass is 32.1. The van der Waals surface area contributed by atoms with Crippen LogP contribution in [-0.2, 0) is 19.3 Å². The van der Waals surface area contributed by atoms with Crippen molar-refractivity contribution in [2.75, 3.05) is 0 Å². The molecule has 0 spiro atoms. The van der Waals surface area contributed by atoms with E-state index in [0.717, 1.165) is 34.8 Å². The molecule has 4 nitrogen and oxygen atoms in total. The van der Waals surface area contributed by atoms with Gasteiger partial charge in [-0.2, -0.15) is 5.26 Å². The topological polar surface area (TPSA) is 54.0 Å². The van der Waals surface area contributed by atoms with E-state index in [1.54, 1.807) is 23.7 Å². The number of hydrogen-bond acceptors (Lipinski definition) is 4. The molecule has 0 atom stereocenters. The number of aryl methyl sites for hydroxylation is 2. The van der Waals surface area contributed by atoms with Crippen molar-refractivity contribution in [2.45, 2.75) is 32.1 Å². The van der Waals surface area contributed by atoms with E-state index in [-0.39, 0.29) is 0 Å². The Bertz CT molecular complexity index is 839. The third-order valence-corrected chi connectivity index (χ3v) is 5.16. The first-order valence-electron chi connectivity index (χ1n) is 7.17. The number of aromatic nitrogens is 3. The molecule has 0 aliphatic heterocycles. The van der Waals surface area contributed by atoms with Crippen molar-refractivity contribution < 1.29 is 0 Å². The predicted molar refractivity (Wildman–Crippen MR) is 82.3 cm³/mol. The van der Waals surface area contributed by atoms with Gasteiger partial charge < -0.3 is 0 Å². The molecule has 0 saturated heterocycles. The Labute approximate surface area is 126 Å². The molecule has 0 unspecified atom stereocenters. The van der Waals surface area contributed by atoms with Crippen LogP contribution in [0.1, 0.15) is 29.1 Å². The molecule has 3 aromatic heterocycles. The average Bonchev–Trinajstić information content (AvgIpc) is 3.05. The predicted octanol–water partition coefficient (Wildman–Crippen LogP) is 3.40. The van der Waals surface area contributed by atoms with Gasteiger partial charge in [0.05, 0.1) is 23.9 Å².